The Labute approximate surface area is 148 Å². The second kappa shape index (κ2) is 7.62. The molecule has 3 atom stereocenters. The van der Waals surface area contributed by atoms with E-state index in [9.17, 15) is 4.79 Å². The third-order valence-electron chi connectivity index (χ3n) is 4.69. The molecule has 4 nitrogen and oxygen atoms in total. The molecule has 1 N–H and O–H groups in total. The number of hydrazone groups is 1. The van der Waals surface area contributed by atoms with Crippen LogP contribution < -0.4 is 5.43 Å². The van der Waals surface area contributed by atoms with E-state index in [-0.39, 0.29) is 17.7 Å². The van der Waals surface area contributed by atoms with Crippen LogP contribution in [0.1, 0.15) is 37.3 Å². The van der Waals surface area contributed by atoms with Crippen molar-refractivity contribution in [3.05, 3.63) is 71.8 Å². The van der Waals surface area contributed by atoms with Gasteiger partial charge in [-0.05, 0) is 24.5 Å². The van der Waals surface area contributed by atoms with Gasteiger partial charge in [-0.3, -0.25) is 4.79 Å². The molecule has 2 aromatic rings. The van der Waals surface area contributed by atoms with Gasteiger partial charge in [0, 0.05) is 18.7 Å². The molecule has 0 aliphatic heterocycles. The molecule has 25 heavy (non-hydrogen) atoms. The number of carbonyl (C=O) groups is 1. The molecule has 1 amide bonds. The van der Waals surface area contributed by atoms with Gasteiger partial charge in [0.15, 0.2) is 0 Å². The summed E-state index contributed by atoms with van der Waals surface area (Å²) in [6.45, 7) is 4.58. The molecule has 1 aliphatic rings. The zero-order chi connectivity index (χ0) is 17.7. The molecule has 0 saturated heterocycles. The number of rotatable bonds is 7. The lowest BCUT2D eigenvalue weighted by atomic mass is 10.0. The standard InChI is InChI=1S/C21H24N2O2/c1-3-25-21(18-12-8-5-9-13-18)14-19(21)20(24)23-22-15-16(2)17-10-6-4-7-11-17/h4-13,15-16,19H,3,14H2,1-2H3,(H,23,24)/b22-15-/t16-,19-,21-/m1/s1. The van der Waals surface area contributed by atoms with Crippen molar-refractivity contribution in [2.75, 3.05) is 6.61 Å². The van der Waals surface area contributed by atoms with Crippen LogP contribution in [0, 0.1) is 5.92 Å². The maximum Gasteiger partial charge on any atom is 0.246 e. The van der Waals surface area contributed by atoms with Gasteiger partial charge in [0.2, 0.25) is 5.91 Å². The molecule has 0 unspecified atom stereocenters. The van der Waals surface area contributed by atoms with E-state index in [1.54, 1.807) is 6.21 Å². The van der Waals surface area contributed by atoms with E-state index in [4.69, 9.17) is 4.74 Å². The van der Waals surface area contributed by atoms with E-state index in [2.05, 4.69) is 29.6 Å². The Morgan fingerprint density at radius 3 is 2.52 bits per heavy atom. The van der Waals surface area contributed by atoms with Crippen LogP contribution in [0.3, 0.4) is 0 Å². The first-order valence-electron chi connectivity index (χ1n) is 8.75. The fraction of sp³-hybridized carbons (Fsp3) is 0.333. The van der Waals surface area contributed by atoms with Gasteiger partial charge >= 0.3 is 0 Å². The number of nitrogens with zero attached hydrogens (tertiary/aromatic N) is 1. The topological polar surface area (TPSA) is 50.7 Å². The monoisotopic (exact) mass is 336 g/mol. The molecule has 0 spiro atoms. The summed E-state index contributed by atoms with van der Waals surface area (Å²) in [4.78, 5) is 12.5. The zero-order valence-electron chi connectivity index (χ0n) is 14.7. The number of benzene rings is 2. The van der Waals surface area contributed by atoms with Crippen LogP contribution in [-0.4, -0.2) is 18.7 Å². The van der Waals surface area contributed by atoms with Crippen molar-refractivity contribution < 1.29 is 9.53 Å². The van der Waals surface area contributed by atoms with Gasteiger partial charge in [-0.1, -0.05) is 67.6 Å². The minimum atomic E-state index is -0.499. The molecule has 1 aliphatic carbocycles. The molecule has 4 heteroatoms. The maximum absolute atomic E-state index is 12.5. The van der Waals surface area contributed by atoms with Crippen LogP contribution >= 0.6 is 0 Å². The van der Waals surface area contributed by atoms with E-state index in [1.807, 2.05) is 55.5 Å². The van der Waals surface area contributed by atoms with Crippen molar-refractivity contribution >= 4 is 12.1 Å². The highest BCUT2D eigenvalue weighted by atomic mass is 16.5. The van der Waals surface area contributed by atoms with Gasteiger partial charge in [-0.2, -0.15) is 5.10 Å². The summed E-state index contributed by atoms with van der Waals surface area (Å²) in [5.74, 6) is -0.140. The van der Waals surface area contributed by atoms with Crippen LogP contribution in [0.25, 0.3) is 0 Å². The fourth-order valence-corrected chi connectivity index (χ4v) is 3.22. The second-order valence-corrected chi connectivity index (χ2v) is 6.40. The highest BCUT2D eigenvalue weighted by molar-refractivity contribution is 5.84. The average molecular weight is 336 g/mol. The van der Waals surface area contributed by atoms with Crippen molar-refractivity contribution in [3.63, 3.8) is 0 Å². The highest BCUT2D eigenvalue weighted by Crippen LogP contribution is 2.55. The first-order chi connectivity index (χ1) is 12.2. The molecule has 3 rings (SSSR count). The molecule has 0 bridgehead atoms. The third-order valence-corrected chi connectivity index (χ3v) is 4.69. The number of nitrogens with one attached hydrogen (secondary N) is 1. The molecular formula is C21H24N2O2. The van der Waals surface area contributed by atoms with E-state index in [1.165, 1.54) is 5.56 Å². The third kappa shape index (κ3) is 3.80. The minimum absolute atomic E-state index is 0.0891. The molecule has 130 valence electrons. The molecule has 1 fully saturated rings. The number of carbonyl (C=O) groups excluding carboxylic acids is 1. The van der Waals surface area contributed by atoms with E-state index in [0.717, 1.165) is 5.56 Å². The number of hydrogen-bond donors (Lipinski definition) is 1. The van der Waals surface area contributed by atoms with Crippen LogP contribution in [0.2, 0.25) is 0 Å². The summed E-state index contributed by atoms with van der Waals surface area (Å²) in [7, 11) is 0. The van der Waals surface area contributed by atoms with Crippen molar-refractivity contribution in [2.24, 2.45) is 11.0 Å². The Kier molecular flexibility index (Phi) is 5.29. The summed E-state index contributed by atoms with van der Waals surface area (Å²) >= 11 is 0. The Balaban J connectivity index is 1.61. The lowest BCUT2D eigenvalue weighted by Gasteiger charge is -2.17. The maximum atomic E-state index is 12.5. The highest BCUT2D eigenvalue weighted by Gasteiger charge is 2.60. The largest absolute Gasteiger partial charge is 0.370 e. The molecular weight excluding hydrogens is 312 g/mol. The van der Waals surface area contributed by atoms with Gasteiger partial charge < -0.3 is 4.74 Å². The van der Waals surface area contributed by atoms with E-state index >= 15 is 0 Å². The smallest absolute Gasteiger partial charge is 0.246 e. The molecule has 1 saturated carbocycles. The lowest BCUT2D eigenvalue weighted by Crippen LogP contribution is -2.26. The molecule has 0 radical (unpaired) electrons. The second-order valence-electron chi connectivity index (χ2n) is 6.40. The molecule has 0 heterocycles. The number of ether oxygens (including phenoxy) is 1. The summed E-state index contributed by atoms with van der Waals surface area (Å²) < 4.78 is 5.94. The van der Waals surface area contributed by atoms with Crippen LogP contribution in [0.4, 0.5) is 0 Å². The first-order valence-corrected chi connectivity index (χ1v) is 8.75. The molecule has 0 aromatic heterocycles. The Morgan fingerprint density at radius 2 is 1.88 bits per heavy atom. The van der Waals surface area contributed by atoms with Crippen LogP contribution in [-0.2, 0) is 15.1 Å². The Hall–Kier alpha value is -2.46. The normalized spacial score (nSPS) is 23.4. The Bertz CT molecular complexity index is 730. The lowest BCUT2D eigenvalue weighted by molar-refractivity contribution is -0.124. The fourth-order valence-electron chi connectivity index (χ4n) is 3.22. The quantitative estimate of drug-likeness (QED) is 0.617. The van der Waals surface area contributed by atoms with Crippen LogP contribution in [0.15, 0.2) is 65.8 Å². The van der Waals surface area contributed by atoms with E-state index < -0.39 is 5.60 Å². The van der Waals surface area contributed by atoms with Gasteiger partial charge in [0.25, 0.3) is 0 Å². The predicted octanol–water partition coefficient (Wildman–Crippen LogP) is 3.84. The van der Waals surface area contributed by atoms with E-state index in [0.29, 0.717) is 13.0 Å². The van der Waals surface area contributed by atoms with Gasteiger partial charge in [-0.15, -0.1) is 0 Å². The summed E-state index contributed by atoms with van der Waals surface area (Å²) in [6, 6.07) is 20.0. The van der Waals surface area contributed by atoms with Crippen molar-refractivity contribution in [1.82, 2.24) is 5.43 Å². The summed E-state index contributed by atoms with van der Waals surface area (Å²) in [6.07, 6.45) is 2.46. The van der Waals surface area contributed by atoms with Crippen molar-refractivity contribution in [1.29, 1.82) is 0 Å². The van der Waals surface area contributed by atoms with Crippen molar-refractivity contribution in [3.8, 4) is 0 Å². The SMILES string of the molecule is CCO[C@@]1(c2ccccc2)C[C@@H]1C(=O)N/N=C\[C@@H](C)c1ccccc1. The van der Waals surface area contributed by atoms with Gasteiger partial charge in [0.1, 0.15) is 5.60 Å². The van der Waals surface area contributed by atoms with Crippen LogP contribution in [0.5, 0.6) is 0 Å². The predicted molar refractivity (Wildman–Crippen MR) is 99.3 cm³/mol. The zero-order valence-corrected chi connectivity index (χ0v) is 14.7. The van der Waals surface area contributed by atoms with Crippen molar-refractivity contribution in [2.45, 2.75) is 31.8 Å². The molecule has 2 aromatic carbocycles. The number of amides is 1. The summed E-state index contributed by atoms with van der Waals surface area (Å²) in [5.41, 5.74) is 4.40. The average Bonchev–Trinajstić information content (AvgIpc) is 3.39. The van der Waals surface area contributed by atoms with Gasteiger partial charge in [0.05, 0.1) is 5.92 Å². The number of hydrogen-bond acceptors (Lipinski definition) is 3. The Morgan fingerprint density at radius 1 is 1.24 bits per heavy atom. The minimum Gasteiger partial charge on any atom is -0.370 e. The van der Waals surface area contributed by atoms with Gasteiger partial charge in [-0.25, -0.2) is 5.43 Å². The summed E-state index contributed by atoms with van der Waals surface area (Å²) in [5, 5.41) is 4.15. The first kappa shape index (κ1) is 17.4.